The van der Waals surface area contributed by atoms with Crippen molar-refractivity contribution >= 4 is 17.4 Å². The summed E-state index contributed by atoms with van der Waals surface area (Å²) in [7, 11) is 1.68. The van der Waals surface area contributed by atoms with Gasteiger partial charge in [-0.15, -0.1) is 0 Å². The number of hydrogen-bond acceptors (Lipinski definition) is 7. The summed E-state index contributed by atoms with van der Waals surface area (Å²) < 4.78 is 7.03. The molecule has 2 aromatic heterocycles. The van der Waals surface area contributed by atoms with Crippen LogP contribution in [0.15, 0.2) is 55.1 Å². The largest absolute Gasteiger partial charge is 0.497 e. The average Bonchev–Trinajstić information content (AvgIpc) is 3.33. The van der Waals surface area contributed by atoms with Gasteiger partial charge in [-0.3, -0.25) is 4.79 Å². The topological polar surface area (TPSA) is 79.6 Å². The Bertz CT molecular complexity index is 1040. The van der Waals surface area contributed by atoms with Crippen LogP contribution in [-0.2, 0) is 4.79 Å². The fourth-order valence-electron chi connectivity index (χ4n) is 4.11. The number of carbonyl (C=O) groups excluding carboxylic acids is 1. The summed E-state index contributed by atoms with van der Waals surface area (Å²) in [6, 6.07) is 11.8. The number of amides is 1. The lowest BCUT2D eigenvalue weighted by Crippen LogP contribution is -2.58. The molecule has 4 heterocycles. The van der Waals surface area contributed by atoms with Gasteiger partial charge in [0.25, 0.3) is 0 Å². The second-order valence-electron chi connectivity index (χ2n) is 7.80. The number of piperazine rings is 1. The van der Waals surface area contributed by atoms with Crippen LogP contribution in [0.25, 0.3) is 5.82 Å². The summed E-state index contributed by atoms with van der Waals surface area (Å²) >= 11 is 0. The van der Waals surface area contributed by atoms with Gasteiger partial charge in [0.05, 0.1) is 13.0 Å². The van der Waals surface area contributed by atoms with Crippen LogP contribution in [0, 0.1) is 5.92 Å². The molecule has 0 aliphatic carbocycles. The fraction of sp³-hybridized carbons (Fsp3) is 0.364. The van der Waals surface area contributed by atoms with E-state index in [2.05, 4.69) is 30.9 Å². The Kier molecular flexibility index (Phi) is 5.15. The lowest BCUT2D eigenvalue weighted by Gasteiger charge is -2.43. The number of benzene rings is 1. The smallest absolute Gasteiger partial charge is 0.229 e. The molecule has 9 nitrogen and oxygen atoms in total. The number of hydrogen-bond donors (Lipinski definition) is 0. The van der Waals surface area contributed by atoms with E-state index < -0.39 is 0 Å². The average molecular weight is 419 g/mol. The maximum Gasteiger partial charge on any atom is 0.229 e. The minimum Gasteiger partial charge on any atom is -0.497 e. The molecule has 2 aliphatic heterocycles. The Morgan fingerprint density at radius 1 is 1.00 bits per heavy atom. The SMILES string of the molecule is COc1cccc(N2CCN(C(=O)C3CN(c4cc(-n5cccn5)ncn4)C3)CC2)c1. The molecule has 2 aliphatic rings. The van der Waals surface area contributed by atoms with Crippen LogP contribution in [0.2, 0.25) is 0 Å². The summed E-state index contributed by atoms with van der Waals surface area (Å²) in [5.74, 6) is 2.66. The van der Waals surface area contributed by atoms with E-state index in [4.69, 9.17) is 4.74 Å². The molecule has 0 spiro atoms. The van der Waals surface area contributed by atoms with Crippen LogP contribution in [0.3, 0.4) is 0 Å². The number of anilines is 2. The molecule has 2 saturated heterocycles. The molecule has 5 rings (SSSR count). The van der Waals surface area contributed by atoms with Crippen LogP contribution in [0.1, 0.15) is 0 Å². The molecule has 0 unspecified atom stereocenters. The summed E-state index contributed by atoms with van der Waals surface area (Å²) in [4.78, 5) is 28.0. The summed E-state index contributed by atoms with van der Waals surface area (Å²) in [6.07, 6.45) is 5.10. The van der Waals surface area contributed by atoms with Crippen LogP contribution in [0.5, 0.6) is 5.75 Å². The molecule has 0 N–H and O–H groups in total. The molecule has 1 aromatic carbocycles. The molecule has 2 fully saturated rings. The zero-order valence-electron chi connectivity index (χ0n) is 17.5. The van der Waals surface area contributed by atoms with E-state index in [9.17, 15) is 4.79 Å². The lowest BCUT2D eigenvalue weighted by atomic mass is 9.98. The first-order valence-corrected chi connectivity index (χ1v) is 10.5. The third-order valence-electron chi connectivity index (χ3n) is 5.94. The van der Waals surface area contributed by atoms with Crippen molar-refractivity contribution in [1.82, 2.24) is 24.6 Å². The summed E-state index contributed by atoms with van der Waals surface area (Å²) in [6.45, 7) is 4.50. The molecule has 0 saturated carbocycles. The van der Waals surface area contributed by atoms with Crippen molar-refractivity contribution in [2.75, 3.05) is 56.2 Å². The number of rotatable bonds is 5. The van der Waals surface area contributed by atoms with Crippen molar-refractivity contribution in [2.24, 2.45) is 5.92 Å². The van der Waals surface area contributed by atoms with Crippen molar-refractivity contribution in [1.29, 1.82) is 0 Å². The van der Waals surface area contributed by atoms with Gasteiger partial charge in [0.1, 0.15) is 17.9 Å². The highest BCUT2D eigenvalue weighted by Gasteiger charge is 2.37. The Morgan fingerprint density at radius 3 is 2.55 bits per heavy atom. The van der Waals surface area contributed by atoms with E-state index in [1.807, 2.05) is 41.4 Å². The fourth-order valence-corrected chi connectivity index (χ4v) is 4.11. The van der Waals surface area contributed by atoms with E-state index >= 15 is 0 Å². The second-order valence-corrected chi connectivity index (χ2v) is 7.80. The number of carbonyl (C=O) groups is 1. The number of aromatic nitrogens is 4. The van der Waals surface area contributed by atoms with E-state index in [0.29, 0.717) is 13.1 Å². The maximum atomic E-state index is 13.0. The van der Waals surface area contributed by atoms with Crippen molar-refractivity contribution in [2.45, 2.75) is 0 Å². The second kappa shape index (κ2) is 8.25. The maximum absolute atomic E-state index is 13.0. The van der Waals surface area contributed by atoms with Crippen LogP contribution < -0.4 is 14.5 Å². The van der Waals surface area contributed by atoms with Crippen molar-refractivity contribution in [3.8, 4) is 11.6 Å². The molecular weight excluding hydrogens is 394 g/mol. The number of methoxy groups -OCH3 is 1. The predicted octanol–water partition coefficient (Wildman–Crippen LogP) is 1.46. The summed E-state index contributed by atoms with van der Waals surface area (Å²) in [5.41, 5.74) is 1.14. The minimum absolute atomic E-state index is 0.0199. The molecule has 160 valence electrons. The van der Waals surface area contributed by atoms with Gasteiger partial charge < -0.3 is 19.4 Å². The van der Waals surface area contributed by atoms with Crippen LogP contribution >= 0.6 is 0 Å². The van der Waals surface area contributed by atoms with Crippen molar-refractivity contribution in [3.05, 3.63) is 55.1 Å². The monoisotopic (exact) mass is 419 g/mol. The van der Waals surface area contributed by atoms with Gasteiger partial charge in [0.2, 0.25) is 5.91 Å². The highest BCUT2D eigenvalue weighted by atomic mass is 16.5. The first kappa shape index (κ1) is 19.3. The van der Waals surface area contributed by atoms with E-state index in [1.165, 1.54) is 0 Å². The van der Waals surface area contributed by atoms with Gasteiger partial charge >= 0.3 is 0 Å². The van der Waals surface area contributed by atoms with Crippen molar-refractivity contribution in [3.63, 3.8) is 0 Å². The number of ether oxygens (including phenoxy) is 1. The van der Waals surface area contributed by atoms with Crippen molar-refractivity contribution < 1.29 is 9.53 Å². The zero-order valence-corrected chi connectivity index (χ0v) is 17.5. The van der Waals surface area contributed by atoms with Gasteiger partial charge in [0, 0.05) is 69.5 Å². The zero-order chi connectivity index (χ0) is 21.2. The Morgan fingerprint density at radius 2 is 1.81 bits per heavy atom. The molecule has 31 heavy (non-hydrogen) atoms. The molecule has 9 heteroatoms. The van der Waals surface area contributed by atoms with Gasteiger partial charge in [-0.05, 0) is 18.2 Å². The molecule has 3 aromatic rings. The van der Waals surface area contributed by atoms with Gasteiger partial charge in [-0.25, -0.2) is 14.6 Å². The third-order valence-corrected chi connectivity index (χ3v) is 5.94. The van der Waals surface area contributed by atoms with Crippen LogP contribution in [-0.4, -0.2) is 76.9 Å². The predicted molar refractivity (Wildman–Crippen MR) is 117 cm³/mol. The first-order chi connectivity index (χ1) is 15.2. The van der Waals surface area contributed by atoms with E-state index in [-0.39, 0.29) is 11.8 Å². The standard InChI is InChI=1S/C22H25N7O2/c1-31-19-5-2-4-18(12-19)26-8-10-27(11-9-26)22(30)17-14-28(15-17)20-13-21(24-16-23-20)29-7-3-6-25-29/h2-7,12-13,16-17H,8-11,14-15H2,1H3. The molecular formula is C22H25N7O2. The van der Waals surface area contributed by atoms with Gasteiger partial charge in [0.15, 0.2) is 5.82 Å². The minimum atomic E-state index is 0.0199. The Labute approximate surface area is 180 Å². The molecule has 0 bridgehead atoms. The van der Waals surface area contributed by atoms with E-state index in [1.54, 1.807) is 24.3 Å². The summed E-state index contributed by atoms with van der Waals surface area (Å²) in [5, 5.41) is 4.21. The van der Waals surface area contributed by atoms with Gasteiger partial charge in [-0.1, -0.05) is 6.07 Å². The highest BCUT2D eigenvalue weighted by molar-refractivity contribution is 5.82. The van der Waals surface area contributed by atoms with Crippen LogP contribution in [0.4, 0.5) is 11.5 Å². The third kappa shape index (κ3) is 3.90. The Balaban J connectivity index is 1.15. The number of nitrogens with zero attached hydrogens (tertiary/aromatic N) is 7. The highest BCUT2D eigenvalue weighted by Crippen LogP contribution is 2.26. The molecule has 0 atom stereocenters. The van der Waals surface area contributed by atoms with Gasteiger partial charge in [-0.2, -0.15) is 5.10 Å². The molecule has 1 amide bonds. The lowest BCUT2D eigenvalue weighted by molar-refractivity contribution is -0.136. The normalized spacial score (nSPS) is 16.9. The first-order valence-electron chi connectivity index (χ1n) is 10.5. The van der Waals surface area contributed by atoms with E-state index in [0.717, 1.165) is 49.3 Å². The quantitative estimate of drug-likeness (QED) is 0.619. The molecule has 0 radical (unpaired) electrons. The Hall–Kier alpha value is -3.62.